The molecule has 3 atom stereocenters. The average Bonchev–Trinajstić information content (AvgIpc) is 3.23. The van der Waals surface area contributed by atoms with Crippen molar-refractivity contribution in [3.05, 3.63) is 69.3 Å². The van der Waals surface area contributed by atoms with E-state index in [0.29, 0.717) is 17.7 Å². The van der Waals surface area contributed by atoms with Crippen molar-refractivity contribution in [1.82, 2.24) is 9.97 Å². The van der Waals surface area contributed by atoms with E-state index in [2.05, 4.69) is 14.7 Å². The second-order valence-electron chi connectivity index (χ2n) is 7.97. The maximum atomic E-state index is 12.9. The van der Waals surface area contributed by atoms with Gasteiger partial charge >= 0.3 is 6.36 Å². The number of nitrogens with zero attached hydrogens (tertiary/aromatic N) is 1. The molecule has 3 unspecified atom stereocenters. The minimum absolute atomic E-state index is 0.0248. The zero-order valence-electron chi connectivity index (χ0n) is 18.4. The summed E-state index contributed by atoms with van der Waals surface area (Å²) in [5.74, 6) is 0.0455. The van der Waals surface area contributed by atoms with Crippen LogP contribution < -0.4 is 4.74 Å². The first-order valence-electron chi connectivity index (χ1n) is 10.8. The number of benzene rings is 2. The highest BCUT2D eigenvalue weighted by molar-refractivity contribution is 7.89. The van der Waals surface area contributed by atoms with Gasteiger partial charge in [0.2, 0.25) is 0 Å². The number of alkyl halides is 3. The summed E-state index contributed by atoms with van der Waals surface area (Å²) in [5, 5.41) is 11.0. The summed E-state index contributed by atoms with van der Waals surface area (Å²) in [5.41, 5.74) is 0.866. The number of para-hydroxylation sites is 1. The van der Waals surface area contributed by atoms with E-state index in [0.717, 1.165) is 11.3 Å². The van der Waals surface area contributed by atoms with Gasteiger partial charge in [-0.15, -0.1) is 13.2 Å². The third kappa shape index (κ3) is 5.58. The highest BCUT2D eigenvalue weighted by Gasteiger charge is 2.33. The molecular weight excluding hydrogens is 524 g/mol. The molecule has 0 aliphatic heterocycles. The van der Waals surface area contributed by atoms with Gasteiger partial charge in [-0.05, 0) is 31.1 Å². The molecule has 1 aromatic heterocycles. The Kier molecular flexibility index (Phi) is 7.61. The number of aliphatic hydroxyl groups excluding tert-OH is 1. The van der Waals surface area contributed by atoms with Gasteiger partial charge < -0.3 is 14.8 Å². The smallest absolute Gasteiger partial charge is 0.405 e. The molecule has 2 N–H and O–H groups in total. The molecule has 1 aliphatic rings. The molecule has 186 valence electrons. The Balaban J connectivity index is 1.67. The zero-order chi connectivity index (χ0) is 25.3. The molecule has 0 saturated heterocycles. The molecule has 5 nitrogen and oxygen atoms in total. The lowest BCUT2D eigenvalue weighted by Gasteiger charge is -2.20. The topological polar surface area (TPSA) is 75.2 Å². The third-order valence-electron chi connectivity index (χ3n) is 5.51. The van der Waals surface area contributed by atoms with Crippen LogP contribution in [0.15, 0.2) is 53.5 Å². The first kappa shape index (κ1) is 25.8. The van der Waals surface area contributed by atoms with Crippen LogP contribution in [0, 0.1) is 5.92 Å². The quantitative estimate of drug-likeness (QED) is 0.333. The van der Waals surface area contributed by atoms with Crippen molar-refractivity contribution in [3.8, 4) is 16.9 Å². The number of hydrogen-bond acceptors (Lipinski definition) is 4. The number of rotatable bonds is 7. The SMILES string of the molecule is CCCS(=O)C1=CCC(C(O)c2nc3c(Cl)c(-c4ccccc4OC(F)(F)F)c(Cl)cc3[nH]2)C=C1. The second kappa shape index (κ2) is 10.3. The molecule has 3 aromatic rings. The van der Waals surface area contributed by atoms with Crippen molar-refractivity contribution in [2.45, 2.75) is 32.2 Å². The number of fused-ring (bicyclic) bond motifs is 1. The Morgan fingerprint density at radius 1 is 1.31 bits per heavy atom. The number of hydrogen-bond donors (Lipinski definition) is 2. The lowest BCUT2D eigenvalue weighted by molar-refractivity contribution is -0.274. The van der Waals surface area contributed by atoms with E-state index >= 15 is 0 Å². The Hall–Kier alpha value is -2.33. The standard InChI is InChI=1S/C24H21Cl2F3N2O3S/c1-2-11-35(33)14-9-7-13(8-10-14)22(32)23-30-17-12-16(25)19(20(26)21(17)31-23)15-5-3-4-6-18(15)34-24(27,28)29/h3-7,9-10,12-13,22,32H,2,8,11H2,1H3,(H,30,31). The molecule has 1 heterocycles. The summed E-state index contributed by atoms with van der Waals surface area (Å²) < 4.78 is 55.1. The second-order valence-corrected chi connectivity index (χ2v) is 10.3. The molecule has 0 spiro atoms. The van der Waals surface area contributed by atoms with Gasteiger partial charge in [0.25, 0.3) is 0 Å². The largest absolute Gasteiger partial charge is 0.573 e. The molecule has 0 saturated carbocycles. The van der Waals surface area contributed by atoms with Crippen molar-refractivity contribution in [2.75, 3.05) is 5.75 Å². The van der Waals surface area contributed by atoms with Crippen molar-refractivity contribution in [2.24, 2.45) is 5.92 Å². The number of aromatic amines is 1. The Bertz CT molecular complexity index is 1340. The predicted molar refractivity (Wildman–Crippen MR) is 132 cm³/mol. The fraction of sp³-hybridized carbons (Fsp3) is 0.292. The summed E-state index contributed by atoms with van der Waals surface area (Å²) in [6.45, 7) is 1.96. The Labute approximate surface area is 212 Å². The van der Waals surface area contributed by atoms with Crippen LogP contribution in [0.1, 0.15) is 31.7 Å². The van der Waals surface area contributed by atoms with E-state index in [4.69, 9.17) is 23.2 Å². The van der Waals surface area contributed by atoms with E-state index in [1.165, 1.54) is 24.3 Å². The van der Waals surface area contributed by atoms with Crippen LogP contribution in [0.2, 0.25) is 10.0 Å². The fourth-order valence-electron chi connectivity index (χ4n) is 3.90. The van der Waals surface area contributed by atoms with Gasteiger partial charge in [-0.2, -0.15) is 0 Å². The van der Waals surface area contributed by atoms with Gasteiger partial charge in [-0.25, -0.2) is 4.98 Å². The molecule has 1 aliphatic carbocycles. The van der Waals surface area contributed by atoms with Crippen LogP contribution in [0.4, 0.5) is 13.2 Å². The summed E-state index contributed by atoms with van der Waals surface area (Å²) in [6.07, 6.45) is 0.768. The number of imidazole rings is 1. The lowest BCUT2D eigenvalue weighted by atomic mass is 9.94. The number of aliphatic hydroxyl groups is 1. The van der Waals surface area contributed by atoms with Crippen LogP contribution >= 0.6 is 23.2 Å². The van der Waals surface area contributed by atoms with Crippen molar-refractivity contribution in [1.29, 1.82) is 0 Å². The number of nitrogens with one attached hydrogen (secondary N) is 1. The maximum Gasteiger partial charge on any atom is 0.573 e. The minimum Gasteiger partial charge on any atom is -0.405 e. The number of allylic oxidation sites excluding steroid dienone is 2. The molecule has 4 rings (SSSR count). The third-order valence-corrected chi connectivity index (χ3v) is 7.78. The monoisotopic (exact) mass is 544 g/mol. The van der Waals surface area contributed by atoms with Crippen molar-refractivity contribution >= 4 is 45.0 Å². The first-order valence-corrected chi connectivity index (χ1v) is 12.8. The highest BCUT2D eigenvalue weighted by Crippen LogP contribution is 2.44. The Morgan fingerprint density at radius 2 is 2.06 bits per heavy atom. The predicted octanol–water partition coefficient (Wildman–Crippen LogP) is 7.09. The molecule has 35 heavy (non-hydrogen) atoms. The van der Waals surface area contributed by atoms with E-state index in [1.54, 1.807) is 18.2 Å². The summed E-state index contributed by atoms with van der Waals surface area (Å²) in [4.78, 5) is 8.17. The normalized spacial score (nSPS) is 17.9. The average molecular weight is 545 g/mol. The van der Waals surface area contributed by atoms with Crippen molar-refractivity contribution < 1.29 is 27.2 Å². The van der Waals surface area contributed by atoms with Gasteiger partial charge in [0.05, 0.1) is 26.4 Å². The van der Waals surface area contributed by atoms with Crippen LogP contribution in [0.5, 0.6) is 5.75 Å². The molecule has 11 heteroatoms. The number of halogens is 5. The van der Waals surface area contributed by atoms with E-state index in [1.807, 2.05) is 13.0 Å². The van der Waals surface area contributed by atoms with Gasteiger partial charge in [0.1, 0.15) is 23.2 Å². The fourth-order valence-corrected chi connectivity index (χ4v) is 5.72. The molecule has 2 aromatic carbocycles. The molecule has 0 radical (unpaired) electrons. The van der Waals surface area contributed by atoms with Crippen molar-refractivity contribution in [3.63, 3.8) is 0 Å². The highest BCUT2D eigenvalue weighted by atomic mass is 35.5. The maximum absolute atomic E-state index is 12.9. The van der Waals surface area contributed by atoms with Crippen LogP contribution in [0.3, 0.4) is 0 Å². The lowest BCUT2D eigenvalue weighted by Crippen LogP contribution is -2.17. The van der Waals surface area contributed by atoms with Gasteiger partial charge in [0, 0.05) is 27.7 Å². The Morgan fingerprint density at radius 3 is 2.71 bits per heavy atom. The summed E-state index contributed by atoms with van der Waals surface area (Å²) in [7, 11) is -1.07. The van der Waals surface area contributed by atoms with Gasteiger partial charge in [0.15, 0.2) is 0 Å². The molecule has 0 bridgehead atoms. The summed E-state index contributed by atoms with van der Waals surface area (Å²) in [6, 6.07) is 7.03. The van der Waals surface area contributed by atoms with Gasteiger partial charge in [-0.3, -0.25) is 4.21 Å². The minimum atomic E-state index is -4.90. The number of aromatic nitrogens is 2. The number of H-pyrrole nitrogens is 1. The molecular formula is C24H21Cl2F3N2O3S. The zero-order valence-corrected chi connectivity index (χ0v) is 20.7. The summed E-state index contributed by atoms with van der Waals surface area (Å²) >= 11 is 13.0. The van der Waals surface area contributed by atoms with Gasteiger partial charge in [-0.1, -0.05) is 60.5 Å². The van der Waals surface area contributed by atoms with E-state index < -0.39 is 29.0 Å². The van der Waals surface area contributed by atoms with Crippen LogP contribution in [0.25, 0.3) is 22.2 Å². The van der Waals surface area contributed by atoms with Crippen LogP contribution in [-0.4, -0.2) is 31.4 Å². The molecule has 0 amide bonds. The van der Waals surface area contributed by atoms with E-state index in [9.17, 15) is 22.5 Å². The molecule has 0 fully saturated rings. The van der Waals surface area contributed by atoms with E-state index in [-0.39, 0.29) is 38.4 Å². The number of ether oxygens (including phenoxy) is 1. The van der Waals surface area contributed by atoms with Crippen LogP contribution in [-0.2, 0) is 10.8 Å². The first-order chi connectivity index (χ1) is 16.6.